The molecule has 0 aliphatic rings. The van der Waals surface area contributed by atoms with Crippen LogP contribution in [0.1, 0.15) is 25.0 Å². The van der Waals surface area contributed by atoms with Crippen LogP contribution < -0.4 is 14.4 Å². The second-order valence-corrected chi connectivity index (χ2v) is 12.8. The van der Waals surface area contributed by atoms with Crippen molar-refractivity contribution >= 4 is 50.7 Å². The van der Waals surface area contributed by atoms with E-state index in [4.69, 9.17) is 27.9 Å². The van der Waals surface area contributed by atoms with Crippen LogP contribution in [0.4, 0.5) is 5.69 Å². The summed E-state index contributed by atoms with van der Waals surface area (Å²) in [7, 11) is -2.44. The van der Waals surface area contributed by atoms with Gasteiger partial charge in [0.05, 0.1) is 19.1 Å². The number of hydrogen-bond donors (Lipinski definition) is 1. The number of sulfonamides is 1. The lowest BCUT2D eigenvalue weighted by atomic mass is 10.0. The smallest absolute Gasteiger partial charge is 0.244 e. The number of anilines is 1. The summed E-state index contributed by atoms with van der Waals surface area (Å²) in [5, 5.41) is 3.58. The first kappa shape index (κ1) is 32.2. The second kappa shape index (κ2) is 14.6. The van der Waals surface area contributed by atoms with Crippen LogP contribution in [0.15, 0.2) is 72.8 Å². The molecule has 0 aromatic heterocycles. The molecular weight excluding hydrogens is 585 g/mol. The van der Waals surface area contributed by atoms with Crippen LogP contribution >= 0.6 is 23.2 Å². The van der Waals surface area contributed by atoms with Crippen LogP contribution in [-0.2, 0) is 32.6 Å². The van der Waals surface area contributed by atoms with Crippen molar-refractivity contribution in [2.75, 3.05) is 30.8 Å². The van der Waals surface area contributed by atoms with E-state index in [-0.39, 0.29) is 30.5 Å². The van der Waals surface area contributed by atoms with E-state index in [2.05, 4.69) is 5.32 Å². The van der Waals surface area contributed by atoms with E-state index in [0.717, 1.165) is 16.1 Å². The minimum absolute atomic E-state index is 0.111. The number of methoxy groups -OCH3 is 1. The Labute approximate surface area is 252 Å². The maximum Gasteiger partial charge on any atom is 0.244 e. The number of hydrogen-bond acceptors (Lipinski definition) is 5. The van der Waals surface area contributed by atoms with E-state index in [1.807, 2.05) is 44.2 Å². The van der Waals surface area contributed by atoms with Gasteiger partial charge in [-0.05, 0) is 35.7 Å². The Bertz CT molecular complexity index is 1430. The molecule has 3 aromatic carbocycles. The number of ether oxygens (including phenoxy) is 1. The molecule has 3 aromatic rings. The molecule has 220 valence electrons. The molecule has 1 N–H and O–H groups in total. The zero-order valence-electron chi connectivity index (χ0n) is 23.5. The number of benzene rings is 3. The maximum absolute atomic E-state index is 14.2. The fraction of sp³-hybridized carbons (Fsp3) is 0.333. The van der Waals surface area contributed by atoms with Crippen molar-refractivity contribution in [2.24, 2.45) is 5.92 Å². The molecule has 0 bridgehead atoms. The number of rotatable bonds is 13. The number of halogens is 2. The summed E-state index contributed by atoms with van der Waals surface area (Å²) in [5.41, 5.74) is 1.53. The third kappa shape index (κ3) is 9.11. The van der Waals surface area contributed by atoms with E-state index in [1.165, 1.54) is 18.1 Å². The highest BCUT2D eigenvalue weighted by atomic mass is 35.5. The zero-order valence-corrected chi connectivity index (χ0v) is 25.8. The highest BCUT2D eigenvalue weighted by molar-refractivity contribution is 7.92. The first-order chi connectivity index (χ1) is 19.4. The van der Waals surface area contributed by atoms with Crippen molar-refractivity contribution in [1.29, 1.82) is 0 Å². The quantitative estimate of drug-likeness (QED) is 0.284. The number of nitrogens with one attached hydrogen (secondary N) is 1. The second-order valence-electron chi connectivity index (χ2n) is 10.0. The van der Waals surface area contributed by atoms with Crippen molar-refractivity contribution in [3.8, 4) is 5.75 Å². The molecule has 2 amide bonds. The fourth-order valence-corrected chi connectivity index (χ4v) is 5.57. The molecule has 0 saturated carbocycles. The Morgan fingerprint density at radius 1 is 0.951 bits per heavy atom. The Morgan fingerprint density at radius 2 is 1.59 bits per heavy atom. The molecule has 0 radical (unpaired) electrons. The van der Waals surface area contributed by atoms with Gasteiger partial charge in [-0.1, -0.05) is 79.5 Å². The van der Waals surface area contributed by atoms with Gasteiger partial charge in [0.1, 0.15) is 18.3 Å². The van der Waals surface area contributed by atoms with Crippen molar-refractivity contribution in [3.05, 3.63) is 94.0 Å². The van der Waals surface area contributed by atoms with Crippen LogP contribution in [0.25, 0.3) is 0 Å². The zero-order chi connectivity index (χ0) is 30.2. The Balaban J connectivity index is 2.10. The van der Waals surface area contributed by atoms with Crippen LogP contribution in [0.2, 0.25) is 10.0 Å². The van der Waals surface area contributed by atoms with Gasteiger partial charge in [-0.3, -0.25) is 13.9 Å². The molecule has 8 nitrogen and oxygen atoms in total. The molecule has 41 heavy (non-hydrogen) atoms. The van der Waals surface area contributed by atoms with Crippen LogP contribution in [0, 0.1) is 5.92 Å². The molecule has 1 atom stereocenters. The third-order valence-electron chi connectivity index (χ3n) is 6.37. The Morgan fingerprint density at radius 3 is 2.17 bits per heavy atom. The number of carbonyl (C=O) groups is 2. The van der Waals surface area contributed by atoms with E-state index in [9.17, 15) is 18.0 Å². The summed E-state index contributed by atoms with van der Waals surface area (Å²) in [6.07, 6.45) is 1.21. The van der Waals surface area contributed by atoms with Crippen molar-refractivity contribution < 1.29 is 22.7 Å². The molecule has 0 aliphatic carbocycles. The topological polar surface area (TPSA) is 96.0 Å². The molecule has 0 spiro atoms. The average molecular weight is 621 g/mol. The van der Waals surface area contributed by atoms with Gasteiger partial charge in [0.25, 0.3) is 0 Å². The largest absolute Gasteiger partial charge is 0.497 e. The van der Waals surface area contributed by atoms with Crippen molar-refractivity contribution in [2.45, 2.75) is 32.9 Å². The first-order valence-electron chi connectivity index (χ1n) is 13.1. The van der Waals surface area contributed by atoms with E-state index >= 15 is 0 Å². The van der Waals surface area contributed by atoms with E-state index in [1.54, 1.807) is 36.4 Å². The van der Waals surface area contributed by atoms with Gasteiger partial charge in [-0.15, -0.1) is 0 Å². The van der Waals surface area contributed by atoms with Crippen molar-refractivity contribution in [3.63, 3.8) is 0 Å². The molecular formula is C30H35Cl2N3O5S. The average Bonchev–Trinajstić information content (AvgIpc) is 2.93. The minimum Gasteiger partial charge on any atom is -0.497 e. The number of carbonyl (C=O) groups excluding carboxylic acids is 2. The lowest BCUT2D eigenvalue weighted by Gasteiger charge is -2.34. The van der Waals surface area contributed by atoms with Gasteiger partial charge in [0, 0.05) is 41.2 Å². The molecule has 0 fully saturated rings. The molecule has 0 unspecified atom stereocenters. The summed E-state index contributed by atoms with van der Waals surface area (Å²) < 4.78 is 32.1. The Kier molecular flexibility index (Phi) is 11.5. The molecule has 11 heteroatoms. The van der Waals surface area contributed by atoms with E-state index < -0.39 is 28.5 Å². The highest BCUT2D eigenvalue weighted by Gasteiger charge is 2.34. The van der Waals surface area contributed by atoms with Gasteiger partial charge in [-0.25, -0.2) is 8.42 Å². The molecule has 3 rings (SSSR count). The lowest BCUT2D eigenvalue weighted by Crippen LogP contribution is -2.53. The SMILES string of the molecule is COc1cccc(N(CC(=O)N(Cc2c(Cl)cccc2Cl)[C@H](Cc2ccccc2)C(=O)NCC(C)C)S(C)(=O)=O)c1. The predicted octanol–water partition coefficient (Wildman–Crippen LogP) is 5.18. The van der Waals surface area contributed by atoms with Gasteiger partial charge in [-0.2, -0.15) is 0 Å². The summed E-state index contributed by atoms with van der Waals surface area (Å²) in [6, 6.07) is 19.7. The van der Waals surface area contributed by atoms with Gasteiger partial charge >= 0.3 is 0 Å². The molecule has 0 saturated heterocycles. The third-order valence-corrected chi connectivity index (χ3v) is 8.22. The predicted molar refractivity (Wildman–Crippen MR) is 164 cm³/mol. The van der Waals surface area contributed by atoms with Crippen LogP contribution in [0.3, 0.4) is 0 Å². The maximum atomic E-state index is 14.2. The molecule has 0 heterocycles. The summed E-state index contributed by atoms with van der Waals surface area (Å²) in [6.45, 7) is 3.67. The Hall–Kier alpha value is -3.27. The summed E-state index contributed by atoms with van der Waals surface area (Å²) in [4.78, 5) is 29.2. The van der Waals surface area contributed by atoms with Gasteiger partial charge in [0.15, 0.2) is 0 Å². The lowest BCUT2D eigenvalue weighted by molar-refractivity contribution is -0.140. The van der Waals surface area contributed by atoms with Crippen molar-refractivity contribution in [1.82, 2.24) is 10.2 Å². The standard InChI is InChI=1S/C30H35Cl2N3O5S/c1-21(2)18-33-30(37)28(16-22-10-6-5-7-11-22)34(19-25-26(31)14-9-15-27(25)32)29(36)20-35(41(4,38)39)23-12-8-13-24(17-23)40-3/h5-15,17,21,28H,16,18-20H2,1-4H3,(H,33,37)/t28-/m1/s1. The minimum atomic E-state index is -3.91. The first-order valence-corrected chi connectivity index (χ1v) is 15.7. The number of amides is 2. The normalized spacial score (nSPS) is 12.1. The summed E-state index contributed by atoms with van der Waals surface area (Å²) >= 11 is 13.0. The highest BCUT2D eigenvalue weighted by Crippen LogP contribution is 2.28. The van der Waals surface area contributed by atoms with Crippen LogP contribution in [-0.4, -0.2) is 57.6 Å². The van der Waals surface area contributed by atoms with Crippen LogP contribution in [0.5, 0.6) is 5.75 Å². The monoisotopic (exact) mass is 619 g/mol. The molecule has 0 aliphatic heterocycles. The van der Waals surface area contributed by atoms with E-state index in [0.29, 0.717) is 27.9 Å². The van der Waals surface area contributed by atoms with Gasteiger partial charge < -0.3 is 15.0 Å². The summed E-state index contributed by atoms with van der Waals surface area (Å²) in [5.74, 6) is -0.369. The van der Waals surface area contributed by atoms with Gasteiger partial charge in [0.2, 0.25) is 21.8 Å². The number of nitrogens with zero attached hydrogens (tertiary/aromatic N) is 2. The fourth-order valence-electron chi connectivity index (χ4n) is 4.21.